The Hall–Kier alpha value is -4.07. The van der Waals surface area contributed by atoms with Crippen LogP contribution < -0.4 is 16.2 Å². The van der Waals surface area contributed by atoms with Crippen molar-refractivity contribution in [1.82, 2.24) is 9.88 Å². The van der Waals surface area contributed by atoms with E-state index in [-0.39, 0.29) is 24.4 Å². The fourth-order valence-corrected chi connectivity index (χ4v) is 3.31. The van der Waals surface area contributed by atoms with E-state index in [2.05, 4.69) is 10.6 Å². The molecule has 3 rings (SSSR count). The highest BCUT2D eigenvalue weighted by Gasteiger charge is 2.20. The second kappa shape index (κ2) is 9.82. The van der Waals surface area contributed by atoms with Gasteiger partial charge in [0.05, 0.1) is 19.0 Å². The molecule has 32 heavy (non-hydrogen) atoms. The van der Waals surface area contributed by atoms with Crippen LogP contribution in [0.1, 0.15) is 34.7 Å². The van der Waals surface area contributed by atoms with E-state index < -0.39 is 23.6 Å². The molecule has 166 valence electrons. The highest BCUT2D eigenvalue weighted by Crippen LogP contribution is 2.21. The van der Waals surface area contributed by atoms with Crippen molar-refractivity contribution < 1.29 is 19.8 Å². The van der Waals surface area contributed by atoms with Crippen molar-refractivity contribution in [2.45, 2.75) is 32.9 Å². The smallest absolute Gasteiger partial charge is 0.319 e. The van der Waals surface area contributed by atoms with E-state index in [0.717, 1.165) is 16.7 Å². The molecule has 0 aliphatic heterocycles. The molecule has 0 radical (unpaired) electrons. The molecule has 1 aromatic heterocycles. The Morgan fingerprint density at radius 3 is 2.38 bits per heavy atom. The topological polar surface area (TPSA) is 121 Å². The van der Waals surface area contributed by atoms with E-state index in [1.165, 1.54) is 16.8 Å². The lowest BCUT2D eigenvalue weighted by Gasteiger charge is -2.19. The fraction of sp³-hybridized carbons (Fsp3) is 0.208. The van der Waals surface area contributed by atoms with Gasteiger partial charge in [-0.1, -0.05) is 54.1 Å². The third kappa shape index (κ3) is 5.54. The zero-order valence-corrected chi connectivity index (χ0v) is 17.8. The first-order valence-corrected chi connectivity index (χ1v) is 10.1. The summed E-state index contributed by atoms with van der Waals surface area (Å²) in [6.45, 7) is 4.10. The van der Waals surface area contributed by atoms with Crippen LogP contribution in [0.5, 0.6) is 5.75 Å². The summed E-state index contributed by atoms with van der Waals surface area (Å²) in [7, 11) is 0. The van der Waals surface area contributed by atoms with Gasteiger partial charge >= 0.3 is 12.0 Å². The van der Waals surface area contributed by atoms with Gasteiger partial charge < -0.3 is 25.4 Å². The maximum absolute atomic E-state index is 12.9. The second-order valence-corrected chi connectivity index (χ2v) is 7.60. The van der Waals surface area contributed by atoms with Crippen molar-refractivity contribution in [3.63, 3.8) is 0 Å². The number of carbonyl (C=O) groups excluding carboxylic acids is 1. The van der Waals surface area contributed by atoms with E-state index in [0.29, 0.717) is 5.56 Å². The molecule has 1 heterocycles. The monoisotopic (exact) mass is 435 g/mol. The molecule has 0 aliphatic rings. The van der Waals surface area contributed by atoms with Gasteiger partial charge in [0.25, 0.3) is 5.56 Å². The Labute approximate surface area is 185 Å². The molecule has 4 N–H and O–H groups in total. The highest BCUT2D eigenvalue weighted by molar-refractivity contribution is 5.91. The summed E-state index contributed by atoms with van der Waals surface area (Å²) >= 11 is 0. The third-order valence-corrected chi connectivity index (χ3v) is 5.15. The molecule has 2 amide bonds. The molecule has 1 atom stereocenters. The minimum atomic E-state index is -1.08. The number of carbonyl (C=O) groups is 2. The number of urea groups is 1. The molecule has 0 spiro atoms. The number of aromatic nitrogens is 1. The molecule has 8 heteroatoms. The molecular weight excluding hydrogens is 410 g/mol. The minimum Gasteiger partial charge on any atom is -0.505 e. The summed E-state index contributed by atoms with van der Waals surface area (Å²) in [6.07, 6.45) is 1.11. The summed E-state index contributed by atoms with van der Waals surface area (Å²) in [5.74, 6) is -1.46. The average molecular weight is 435 g/mol. The standard InChI is InChI=1S/C24H25N3O5/c1-15-7-9-17(10-8-15)19(13-21(29)30)25-24(32)26-22-20(28)11-12-27(23(22)31)14-18-6-4-3-5-16(18)2/h3-12,19,28H,13-14H2,1-2H3,(H,29,30)(H2,25,26,32)/t19-/m0/s1. The molecule has 2 aromatic carbocycles. The Morgan fingerprint density at radius 1 is 1.03 bits per heavy atom. The zero-order valence-electron chi connectivity index (χ0n) is 17.8. The van der Waals surface area contributed by atoms with E-state index in [1.807, 2.05) is 50.2 Å². The number of benzene rings is 2. The number of rotatable bonds is 7. The van der Waals surface area contributed by atoms with Crippen LogP contribution in [0.25, 0.3) is 0 Å². The number of hydrogen-bond donors (Lipinski definition) is 4. The van der Waals surface area contributed by atoms with Crippen molar-refractivity contribution in [1.29, 1.82) is 0 Å². The maximum Gasteiger partial charge on any atom is 0.319 e. The van der Waals surface area contributed by atoms with Crippen LogP contribution >= 0.6 is 0 Å². The molecule has 0 fully saturated rings. The van der Waals surface area contributed by atoms with Gasteiger partial charge in [0, 0.05) is 6.20 Å². The lowest BCUT2D eigenvalue weighted by Crippen LogP contribution is -2.36. The molecule has 0 bridgehead atoms. The number of aryl methyl sites for hydroxylation is 2. The Morgan fingerprint density at radius 2 is 1.72 bits per heavy atom. The van der Waals surface area contributed by atoms with Crippen molar-refractivity contribution in [2.75, 3.05) is 5.32 Å². The van der Waals surface area contributed by atoms with E-state index in [1.54, 1.807) is 12.1 Å². The van der Waals surface area contributed by atoms with Gasteiger partial charge in [0.2, 0.25) is 0 Å². The van der Waals surface area contributed by atoms with Crippen LogP contribution in [0.15, 0.2) is 65.6 Å². The lowest BCUT2D eigenvalue weighted by atomic mass is 10.0. The van der Waals surface area contributed by atoms with Crippen LogP contribution in [0.3, 0.4) is 0 Å². The number of carboxylic acids is 1. The van der Waals surface area contributed by atoms with Gasteiger partial charge in [0.1, 0.15) is 5.75 Å². The molecule has 0 saturated heterocycles. The van der Waals surface area contributed by atoms with Crippen molar-refractivity contribution >= 4 is 17.7 Å². The predicted molar refractivity (Wildman–Crippen MR) is 121 cm³/mol. The van der Waals surface area contributed by atoms with Crippen LogP contribution in [0.2, 0.25) is 0 Å². The minimum absolute atomic E-state index is 0.271. The van der Waals surface area contributed by atoms with Gasteiger partial charge in [-0.25, -0.2) is 4.79 Å². The SMILES string of the molecule is Cc1ccc([C@H](CC(=O)O)NC(=O)Nc2c(O)ccn(Cc3ccccc3C)c2=O)cc1. The number of aliphatic carboxylic acids is 1. The van der Waals surface area contributed by atoms with Crippen LogP contribution in [0, 0.1) is 13.8 Å². The summed E-state index contributed by atoms with van der Waals surface area (Å²) in [5.41, 5.74) is 2.69. The quantitative estimate of drug-likeness (QED) is 0.452. The fourth-order valence-electron chi connectivity index (χ4n) is 3.31. The number of anilines is 1. The predicted octanol–water partition coefficient (Wildman–Crippen LogP) is 3.56. The van der Waals surface area contributed by atoms with Crippen molar-refractivity contribution in [2.24, 2.45) is 0 Å². The van der Waals surface area contributed by atoms with Crippen molar-refractivity contribution in [3.05, 3.63) is 93.4 Å². The zero-order chi connectivity index (χ0) is 23.3. The highest BCUT2D eigenvalue weighted by atomic mass is 16.4. The number of carboxylic acid groups (broad SMARTS) is 1. The normalized spacial score (nSPS) is 11.6. The molecule has 3 aromatic rings. The van der Waals surface area contributed by atoms with E-state index in [9.17, 15) is 24.6 Å². The number of nitrogens with one attached hydrogen (secondary N) is 2. The van der Waals surface area contributed by atoms with Crippen LogP contribution in [-0.4, -0.2) is 26.8 Å². The first-order chi connectivity index (χ1) is 15.2. The number of hydrogen-bond acceptors (Lipinski definition) is 4. The van der Waals surface area contributed by atoms with Crippen LogP contribution in [0.4, 0.5) is 10.5 Å². The molecule has 0 unspecified atom stereocenters. The molecule has 0 aliphatic carbocycles. The number of pyridine rings is 1. The average Bonchev–Trinajstić information content (AvgIpc) is 2.74. The Balaban J connectivity index is 1.81. The summed E-state index contributed by atoms with van der Waals surface area (Å²) in [5, 5.41) is 24.3. The molecular formula is C24H25N3O5. The van der Waals surface area contributed by atoms with Gasteiger partial charge in [0.15, 0.2) is 5.69 Å². The number of nitrogens with zero attached hydrogens (tertiary/aromatic N) is 1. The summed E-state index contributed by atoms with van der Waals surface area (Å²) in [6, 6.07) is 14.4. The Bertz CT molecular complexity index is 1180. The second-order valence-electron chi connectivity index (χ2n) is 7.60. The van der Waals surface area contributed by atoms with Gasteiger partial charge in [-0.3, -0.25) is 9.59 Å². The van der Waals surface area contributed by atoms with Gasteiger partial charge in [-0.05, 0) is 36.6 Å². The molecule has 0 saturated carbocycles. The first-order valence-electron chi connectivity index (χ1n) is 10.1. The van der Waals surface area contributed by atoms with Gasteiger partial charge in [-0.15, -0.1) is 0 Å². The van der Waals surface area contributed by atoms with E-state index >= 15 is 0 Å². The molecule has 8 nitrogen and oxygen atoms in total. The Kier molecular flexibility index (Phi) is 6.94. The number of aromatic hydroxyl groups is 1. The lowest BCUT2D eigenvalue weighted by molar-refractivity contribution is -0.137. The summed E-state index contributed by atoms with van der Waals surface area (Å²) < 4.78 is 1.38. The van der Waals surface area contributed by atoms with Crippen LogP contribution in [-0.2, 0) is 11.3 Å². The number of amides is 2. The first kappa shape index (κ1) is 22.6. The maximum atomic E-state index is 12.9. The third-order valence-electron chi connectivity index (χ3n) is 5.15. The van der Waals surface area contributed by atoms with Gasteiger partial charge in [-0.2, -0.15) is 0 Å². The van der Waals surface area contributed by atoms with Crippen molar-refractivity contribution in [3.8, 4) is 5.75 Å². The van der Waals surface area contributed by atoms with E-state index in [4.69, 9.17) is 0 Å². The summed E-state index contributed by atoms with van der Waals surface area (Å²) in [4.78, 5) is 36.8. The largest absolute Gasteiger partial charge is 0.505 e.